The summed E-state index contributed by atoms with van der Waals surface area (Å²) in [7, 11) is -3.33. The number of nitrogens with zero attached hydrogens (tertiary/aromatic N) is 4. The molecule has 2 aromatic rings. The van der Waals surface area contributed by atoms with E-state index in [9.17, 15) is 13.2 Å². The van der Waals surface area contributed by atoms with Crippen LogP contribution in [0.3, 0.4) is 0 Å². The maximum Gasteiger partial charge on any atom is 0.338 e. The van der Waals surface area contributed by atoms with Crippen LogP contribution >= 0.6 is 0 Å². The summed E-state index contributed by atoms with van der Waals surface area (Å²) >= 11 is 0. The van der Waals surface area contributed by atoms with Gasteiger partial charge >= 0.3 is 5.97 Å². The van der Waals surface area contributed by atoms with Crippen molar-refractivity contribution in [3.63, 3.8) is 0 Å². The van der Waals surface area contributed by atoms with Crippen molar-refractivity contribution in [2.45, 2.75) is 13.0 Å². The highest BCUT2D eigenvalue weighted by Gasteiger charge is 2.27. The van der Waals surface area contributed by atoms with Crippen molar-refractivity contribution in [1.29, 1.82) is 0 Å². The maximum absolute atomic E-state index is 12.2. The second-order valence-corrected chi connectivity index (χ2v) is 7.38. The number of aromatic nitrogens is 3. The van der Waals surface area contributed by atoms with Crippen LogP contribution in [0, 0.1) is 0 Å². The third-order valence-corrected chi connectivity index (χ3v) is 4.80. The highest BCUT2D eigenvalue weighted by atomic mass is 32.2. The molecule has 0 spiro atoms. The first-order valence-corrected chi connectivity index (χ1v) is 9.12. The molecule has 2 heterocycles. The largest absolute Gasteiger partial charge is 0.454 e. The lowest BCUT2D eigenvalue weighted by Gasteiger charge is -2.16. The van der Waals surface area contributed by atoms with Crippen LogP contribution in [0.4, 0.5) is 17.6 Å². The van der Waals surface area contributed by atoms with Gasteiger partial charge in [-0.05, 0) is 30.2 Å². The second-order valence-electron chi connectivity index (χ2n) is 5.47. The number of benzene rings is 1. The van der Waals surface area contributed by atoms with Crippen LogP contribution in [0.25, 0.3) is 0 Å². The number of sulfonamides is 1. The lowest BCUT2D eigenvalue weighted by atomic mass is 10.1. The van der Waals surface area contributed by atoms with Gasteiger partial charge < -0.3 is 16.2 Å². The normalized spacial score (nSPS) is 13.6. The van der Waals surface area contributed by atoms with E-state index >= 15 is 0 Å². The van der Waals surface area contributed by atoms with E-state index in [1.807, 2.05) is 0 Å². The number of fused-ring (bicyclic) bond motifs is 1. The van der Waals surface area contributed by atoms with E-state index in [-0.39, 0.29) is 24.3 Å². The fraction of sp³-hybridized carbons (Fsp3) is 0.286. The first kappa shape index (κ1) is 16.9. The summed E-state index contributed by atoms with van der Waals surface area (Å²) in [5.74, 6) is -0.560. The van der Waals surface area contributed by atoms with E-state index in [2.05, 4.69) is 15.0 Å². The second kappa shape index (κ2) is 6.16. The number of esters is 1. The summed E-state index contributed by atoms with van der Waals surface area (Å²) in [6.07, 6.45) is 1.68. The molecule has 11 heteroatoms. The number of nitrogen functional groups attached to an aromatic ring is 2. The first-order valence-electron chi connectivity index (χ1n) is 7.28. The monoisotopic (exact) mass is 364 g/mol. The lowest BCUT2D eigenvalue weighted by molar-refractivity contribution is 0.0462. The van der Waals surface area contributed by atoms with E-state index < -0.39 is 16.0 Å². The van der Waals surface area contributed by atoms with Crippen LogP contribution in [0.15, 0.2) is 18.2 Å². The van der Waals surface area contributed by atoms with Gasteiger partial charge in [0.1, 0.15) is 0 Å². The number of ether oxygens (including phenoxy) is 1. The van der Waals surface area contributed by atoms with Gasteiger partial charge in [0.25, 0.3) is 0 Å². The molecular formula is C14H16N6O4S. The van der Waals surface area contributed by atoms with Crippen LogP contribution in [0.2, 0.25) is 0 Å². The molecule has 0 saturated carbocycles. The SMILES string of the molecule is CS(=O)(=O)N1CCc2cc(C(=O)OCc3nc(N)nc(N)n3)ccc21. The number of carbonyl (C=O) groups is 1. The Hall–Kier alpha value is -2.95. The quantitative estimate of drug-likeness (QED) is 0.696. The summed E-state index contributed by atoms with van der Waals surface area (Å²) in [6, 6.07) is 4.73. The average molecular weight is 364 g/mol. The fourth-order valence-electron chi connectivity index (χ4n) is 2.58. The lowest BCUT2D eigenvalue weighted by Crippen LogP contribution is -2.27. The van der Waals surface area contributed by atoms with E-state index in [0.717, 1.165) is 11.8 Å². The Morgan fingerprint density at radius 3 is 2.56 bits per heavy atom. The van der Waals surface area contributed by atoms with Crippen molar-refractivity contribution in [1.82, 2.24) is 15.0 Å². The zero-order valence-corrected chi connectivity index (χ0v) is 14.2. The smallest absolute Gasteiger partial charge is 0.338 e. The van der Waals surface area contributed by atoms with Crippen molar-refractivity contribution in [2.75, 3.05) is 28.6 Å². The third-order valence-electron chi connectivity index (χ3n) is 3.62. The van der Waals surface area contributed by atoms with Crippen LogP contribution in [-0.2, 0) is 27.8 Å². The van der Waals surface area contributed by atoms with E-state index in [0.29, 0.717) is 24.2 Å². The van der Waals surface area contributed by atoms with Gasteiger partial charge in [0.05, 0.1) is 17.5 Å². The van der Waals surface area contributed by atoms with E-state index in [1.54, 1.807) is 12.1 Å². The number of rotatable bonds is 4. The number of carbonyl (C=O) groups excluding carboxylic acids is 1. The standard InChI is InChI=1S/C14H16N6O4S/c1-25(22,23)20-5-4-8-6-9(2-3-10(8)20)12(21)24-7-11-17-13(15)19-14(16)18-11/h2-3,6H,4-5,7H2,1H3,(H4,15,16,17,18,19). The molecule has 1 aromatic carbocycles. The van der Waals surface area contributed by atoms with Gasteiger partial charge in [-0.2, -0.15) is 15.0 Å². The fourth-order valence-corrected chi connectivity index (χ4v) is 3.54. The zero-order valence-electron chi connectivity index (χ0n) is 13.3. The van der Waals surface area contributed by atoms with Crippen LogP contribution in [0.5, 0.6) is 0 Å². The molecule has 0 aliphatic carbocycles. The molecule has 25 heavy (non-hydrogen) atoms. The predicted molar refractivity (Wildman–Crippen MR) is 90.1 cm³/mol. The number of anilines is 3. The van der Waals surface area contributed by atoms with Gasteiger partial charge in [-0.25, -0.2) is 13.2 Å². The topological polar surface area (TPSA) is 154 Å². The minimum absolute atomic E-state index is 0.0584. The van der Waals surface area contributed by atoms with Crippen LogP contribution in [0.1, 0.15) is 21.7 Å². The predicted octanol–water partition coefficient (Wildman–Crippen LogP) is -0.285. The molecule has 3 rings (SSSR count). The molecule has 0 atom stereocenters. The number of hydrogen-bond donors (Lipinski definition) is 2. The summed E-state index contributed by atoms with van der Waals surface area (Å²) < 4.78 is 29.9. The van der Waals surface area contributed by atoms with Crippen LogP contribution in [-0.4, -0.2) is 42.1 Å². The van der Waals surface area contributed by atoms with Gasteiger partial charge in [0.15, 0.2) is 12.4 Å². The van der Waals surface area contributed by atoms with Crippen molar-refractivity contribution >= 4 is 33.6 Å². The van der Waals surface area contributed by atoms with Crippen molar-refractivity contribution in [2.24, 2.45) is 0 Å². The molecule has 1 aliphatic rings. The van der Waals surface area contributed by atoms with Gasteiger partial charge in [-0.3, -0.25) is 4.31 Å². The van der Waals surface area contributed by atoms with Crippen molar-refractivity contribution in [3.05, 3.63) is 35.2 Å². The Morgan fingerprint density at radius 2 is 1.92 bits per heavy atom. The summed E-state index contributed by atoms with van der Waals surface area (Å²) in [5, 5.41) is 0. The molecule has 0 saturated heterocycles. The summed E-state index contributed by atoms with van der Waals surface area (Å²) in [6.45, 7) is 0.151. The van der Waals surface area contributed by atoms with Gasteiger partial charge in [0, 0.05) is 6.54 Å². The van der Waals surface area contributed by atoms with Crippen molar-refractivity contribution < 1.29 is 17.9 Å². The number of hydrogen-bond acceptors (Lipinski definition) is 9. The molecule has 4 N–H and O–H groups in total. The summed E-state index contributed by atoms with van der Waals surface area (Å²) in [4.78, 5) is 23.4. The van der Waals surface area contributed by atoms with Gasteiger partial charge in [-0.15, -0.1) is 0 Å². The van der Waals surface area contributed by atoms with Crippen molar-refractivity contribution in [3.8, 4) is 0 Å². The molecule has 10 nitrogen and oxygen atoms in total. The van der Waals surface area contributed by atoms with E-state index in [1.165, 1.54) is 10.4 Å². The van der Waals surface area contributed by atoms with Crippen LogP contribution < -0.4 is 15.8 Å². The highest BCUT2D eigenvalue weighted by Crippen LogP contribution is 2.30. The molecule has 0 amide bonds. The highest BCUT2D eigenvalue weighted by molar-refractivity contribution is 7.92. The first-order chi connectivity index (χ1) is 11.7. The molecule has 1 aliphatic heterocycles. The maximum atomic E-state index is 12.2. The Kier molecular flexibility index (Phi) is 4.17. The zero-order chi connectivity index (χ0) is 18.2. The Bertz CT molecular complexity index is 926. The molecule has 0 fully saturated rings. The number of nitrogens with two attached hydrogens (primary N) is 2. The van der Waals surface area contributed by atoms with E-state index in [4.69, 9.17) is 16.2 Å². The minimum atomic E-state index is -3.33. The molecule has 0 radical (unpaired) electrons. The molecule has 132 valence electrons. The Morgan fingerprint density at radius 1 is 1.24 bits per heavy atom. The van der Waals surface area contributed by atoms with Gasteiger partial charge in [-0.1, -0.05) is 0 Å². The molecule has 1 aromatic heterocycles. The Labute approximate surface area is 143 Å². The minimum Gasteiger partial charge on any atom is -0.454 e. The van der Waals surface area contributed by atoms with Gasteiger partial charge in [0.2, 0.25) is 21.9 Å². The third kappa shape index (κ3) is 3.60. The molecule has 0 unspecified atom stereocenters. The summed E-state index contributed by atoms with van der Waals surface area (Å²) in [5.41, 5.74) is 12.6. The molecular weight excluding hydrogens is 348 g/mol. The molecule has 0 bridgehead atoms. The Balaban J connectivity index is 1.73. The average Bonchev–Trinajstić information content (AvgIpc) is 2.94.